The second-order valence-electron chi connectivity index (χ2n) is 5.70. The lowest BCUT2D eigenvalue weighted by atomic mass is 10.2. The maximum Gasteiger partial charge on any atom is 0.180 e. The highest BCUT2D eigenvalue weighted by Gasteiger charge is 2.15. The van der Waals surface area contributed by atoms with Crippen LogP contribution in [0.1, 0.15) is 22.5 Å². The van der Waals surface area contributed by atoms with E-state index in [1.54, 1.807) is 0 Å². The molecule has 3 rings (SSSR count). The zero-order valence-corrected chi connectivity index (χ0v) is 13.6. The average molecular weight is 328 g/mol. The Bertz CT molecular complexity index is 895. The quantitative estimate of drug-likeness (QED) is 0.643. The molecular formula is C19H18F2N2O. The molecule has 0 radical (unpaired) electrons. The lowest BCUT2D eigenvalue weighted by Crippen LogP contribution is -2.04. The number of halogens is 2. The van der Waals surface area contributed by atoms with E-state index in [2.05, 4.69) is 11.6 Å². The van der Waals surface area contributed by atoms with Crippen molar-refractivity contribution in [3.63, 3.8) is 0 Å². The van der Waals surface area contributed by atoms with Gasteiger partial charge < -0.3 is 9.14 Å². The number of nitrogens with zero attached hydrogens (tertiary/aromatic N) is 2. The highest BCUT2D eigenvalue weighted by molar-refractivity contribution is 5.57. The fraction of sp³-hybridized carbons (Fsp3) is 0.211. The van der Waals surface area contributed by atoms with Gasteiger partial charge in [0.15, 0.2) is 11.4 Å². The van der Waals surface area contributed by atoms with E-state index in [-0.39, 0.29) is 12.2 Å². The second kappa shape index (κ2) is 6.43. The first kappa shape index (κ1) is 16.2. The molecule has 0 saturated heterocycles. The number of allylic oxidation sites excluding steroid dienone is 1. The molecule has 0 amide bonds. The van der Waals surface area contributed by atoms with E-state index in [4.69, 9.17) is 4.74 Å². The summed E-state index contributed by atoms with van der Waals surface area (Å²) < 4.78 is 35.2. The van der Waals surface area contributed by atoms with E-state index in [0.29, 0.717) is 17.8 Å². The number of fused-ring (bicyclic) bond motifs is 1. The molecular weight excluding hydrogens is 310 g/mol. The number of pyridine rings is 1. The molecule has 0 unspecified atom stereocenters. The van der Waals surface area contributed by atoms with Crippen LogP contribution in [-0.2, 0) is 13.0 Å². The van der Waals surface area contributed by atoms with Crippen molar-refractivity contribution in [2.45, 2.75) is 26.9 Å². The minimum absolute atomic E-state index is 0.0910. The predicted octanol–water partition coefficient (Wildman–Crippen LogP) is 4.54. The fourth-order valence-corrected chi connectivity index (χ4v) is 2.71. The molecule has 2 aromatic heterocycles. The summed E-state index contributed by atoms with van der Waals surface area (Å²) in [6, 6.07) is 5.59. The van der Waals surface area contributed by atoms with E-state index in [9.17, 15) is 8.78 Å². The van der Waals surface area contributed by atoms with E-state index in [1.165, 1.54) is 18.2 Å². The van der Waals surface area contributed by atoms with E-state index >= 15 is 0 Å². The van der Waals surface area contributed by atoms with Crippen molar-refractivity contribution >= 4 is 5.65 Å². The number of aryl methyl sites for hydroxylation is 2. The number of rotatable bonds is 5. The van der Waals surface area contributed by atoms with Crippen LogP contribution < -0.4 is 4.74 Å². The van der Waals surface area contributed by atoms with Gasteiger partial charge in [-0.15, -0.1) is 6.58 Å². The average Bonchev–Trinajstić information content (AvgIpc) is 2.83. The standard InChI is InChI=1S/C19H18F2N2O/c1-4-6-17-13(3)22-19-18(9-12(2)10-23(17)19)24-11-14-15(20)7-5-8-16(14)21/h4-5,7-10H,1,6,11H2,2-3H3. The van der Waals surface area contributed by atoms with Crippen LogP contribution in [0.25, 0.3) is 5.65 Å². The van der Waals surface area contributed by atoms with Crippen LogP contribution in [0.5, 0.6) is 5.75 Å². The summed E-state index contributed by atoms with van der Waals surface area (Å²) in [4.78, 5) is 4.53. The summed E-state index contributed by atoms with van der Waals surface area (Å²) in [5, 5.41) is 0. The normalized spacial score (nSPS) is 11.0. The van der Waals surface area contributed by atoms with Crippen LogP contribution in [-0.4, -0.2) is 9.38 Å². The minimum atomic E-state index is -0.620. The third kappa shape index (κ3) is 2.89. The molecule has 5 heteroatoms. The summed E-state index contributed by atoms with van der Waals surface area (Å²) in [5.74, 6) is -0.743. The highest BCUT2D eigenvalue weighted by atomic mass is 19.1. The second-order valence-corrected chi connectivity index (χ2v) is 5.70. The van der Waals surface area contributed by atoms with E-state index in [1.807, 2.05) is 36.6 Å². The number of ether oxygens (including phenoxy) is 1. The molecule has 0 aliphatic carbocycles. The first-order valence-electron chi connectivity index (χ1n) is 7.66. The molecule has 3 aromatic rings. The van der Waals surface area contributed by atoms with Gasteiger partial charge in [0.2, 0.25) is 0 Å². The third-order valence-corrected chi connectivity index (χ3v) is 3.89. The Hall–Kier alpha value is -2.69. The predicted molar refractivity (Wildman–Crippen MR) is 89.3 cm³/mol. The van der Waals surface area contributed by atoms with Crippen molar-refractivity contribution in [1.29, 1.82) is 0 Å². The third-order valence-electron chi connectivity index (χ3n) is 3.89. The Morgan fingerprint density at radius 1 is 1.25 bits per heavy atom. The first-order valence-corrected chi connectivity index (χ1v) is 7.66. The Morgan fingerprint density at radius 3 is 2.62 bits per heavy atom. The smallest absolute Gasteiger partial charge is 0.180 e. The van der Waals surface area contributed by atoms with Crippen molar-refractivity contribution in [2.24, 2.45) is 0 Å². The minimum Gasteiger partial charge on any atom is -0.485 e. The van der Waals surface area contributed by atoms with Crippen molar-refractivity contribution in [3.8, 4) is 5.75 Å². The summed E-state index contributed by atoms with van der Waals surface area (Å²) in [5.41, 5.74) is 3.40. The lowest BCUT2D eigenvalue weighted by Gasteiger charge is -2.11. The van der Waals surface area contributed by atoms with Crippen molar-refractivity contribution in [2.75, 3.05) is 0 Å². The Labute approximate surface area is 139 Å². The number of benzene rings is 1. The number of hydrogen-bond donors (Lipinski definition) is 0. The Balaban J connectivity index is 2.00. The molecule has 2 heterocycles. The SMILES string of the molecule is C=CCc1c(C)nc2c(OCc3c(F)cccc3F)cc(C)cn12. The van der Waals surface area contributed by atoms with Gasteiger partial charge in [0, 0.05) is 18.3 Å². The van der Waals surface area contributed by atoms with Gasteiger partial charge in [-0.1, -0.05) is 12.1 Å². The lowest BCUT2D eigenvalue weighted by molar-refractivity contribution is 0.294. The van der Waals surface area contributed by atoms with Gasteiger partial charge in [-0.3, -0.25) is 0 Å². The largest absolute Gasteiger partial charge is 0.485 e. The van der Waals surface area contributed by atoms with Gasteiger partial charge in [-0.25, -0.2) is 13.8 Å². The van der Waals surface area contributed by atoms with Crippen LogP contribution in [0.4, 0.5) is 8.78 Å². The van der Waals surface area contributed by atoms with Gasteiger partial charge in [0.25, 0.3) is 0 Å². The Kier molecular flexibility index (Phi) is 4.34. The fourth-order valence-electron chi connectivity index (χ4n) is 2.71. The maximum absolute atomic E-state index is 13.8. The van der Waals surface area contributed by atoms with Crippen molar-refractivity contribution in [3.05, 3.63) is 77.3 Å². The van der Waals surface area contributed by atoms with Gasteiger partial charge in [0.05, 0.1) is 11.3 Å². The summed E-state index contributed by atoms with van der Waals surface area (Å²) in [6.07, 6.45) is 4.45. The molecule has 0 aliphatic rings. The van der Waals surface area contributed by atoms with Crippen LogP contribution in [0.15, 0.2) is 43.1 Å². The molecule has 3 nitrogen and oxygen atoms in total. The van der Waals surface area contributed by atoms with Crippen LogP contribution in [0.3, 0.4) is 0 Å². The van der Waals surface area contributed by atoms with Crippen molar-refractivity contribution in [1.82, 2.24) is 9.38 Å². The topological polar surface area (TPSA) is 26.5 Å². The van der Waals surface area contributed by atoms with Crippen LogP contribution in [0.2, 0.25) is 0 Å². The monoisotopic (exact) mass is 328 g/mol. The molecule has 0 bridgehead atoms. The molecule has 0 fully saturated rings. The Morgan fingerprint density at radius 2 is 1.96 bits per heavy atom. The van der Waals surface area contributed by atoms with Gasteiger partial charge in [-0.05, 0) is 37.6 Å². The summed E-state index contributed by atoms with van der Waals surface area (Å²) in [6.45, 7) is 7.43. The maximum atomic E-state index is 13.8. The zero-order chi connectivity index (χ0) is 17.3. The molecule has 0 spiro atoms. The summed E-state index contributed by atoms with van der Waals surface area (Å²) in [7, 11) is 0. The highest BCUT2D eigenvalue weighted by Crippen LogP contribution is 2.26. The molecule has 0 saturated carbocycles. The molecule has 0 N–H and O–H groups in total. The van der Waals surface area contributed by atoms with Crippen molar-refractivity contribution < 1.29 is 13.5 Å². The summed E-state index contributed by atoms with van der Waals surface area (Å²) >= 11 is 0. The van der Waals surface area contributed by atoms with E-state index in [0.717, 1.165) is 17.0 Å². The van der Waals surface area contributed by atoms with E-state index < -0.39 is 11.6 Å². The van der Waals surface area contributed by atoms with Gasteiger partial charge >= 0.3 is 0 Å². The number of aromatic nitrogens is 2. The first-order chi connectivity index (χ1) is 11.5. The van der Waals surface area contributed by atoms with Gasteiger partial charge in [0.1, 0.15) is 18.2 Å². The molecule has 0 aliphatic heterocycles. The molecule has 0 atom stereocenters. The zero-order valence-electron chi connectivity index (χ0n) is 13.6. The van der Waals surface area contributed by atoms with Crippen LogP contribution in [0, 0.1) is 25.5 Å². The molecule has 24 heavy (non-hydrogen) atoms. The van der Waals surface area contributed by atoms with Crippen LogP contribution >= 0.6 is 0 Å². The molecule has 124 valence electrons. The number of hydrogen-bond acceptors (Lipinski definition) is 2. The number of imidazole rings is 1. The van der Waals surface area contributed by atoms with Gasteiger partial charge in [-0.2, -0.15) is 0 Å². The molecule has 1 aromatic carbocycles.